The first-order valence-corrected chi connectivity index (χ1v) is 10.2. The molecule has 0 radical (unpaired) electrons. The van der Waals surface area contributed by atoms with Gasteiger partial charge < -0.3 is 0 Å². The first kappa shape index (κ1) is 13.5. The molecule has 0 aliphatic heterocycles. The van der Waals surface area contributed by atoms with Crippen LogP contribution >= 0.6 is 0 Å². The third-order valence-corrected chi connectivity index (χ3v) is 8.76. The molecule has 0 saturated heterocycles. The number of rotatable bonds is 5. The number of nitrogens with one attached hydrogen (secondary N) is 1. The second-order valence-corrected chi connectivity index (χ2v) is 10.5. The van der Waals surface area contributed by atoms with Crippen molar-refractivity contribution in [1.29, 1.82) is 0 Å². The number of benzene rings is 2. The molecule has 0 aliphatic carbocycles. The number of hydrogen-bond donors (Lipinski definition) is 1. The second-order valence-electron chi connectivity index (χ2n) is 5.06. The van der Waals surface area contributed by atoms with Crippen LogP contribution in [0.15, 0.2) is 60.7 Å². The van der Waals surface area contributed by atoms with E-state index >= 15 is 0 Å². The standard InChI is InChI=1S/2C6H5.C4H10N.Ga/c2*1-2-4-6-5-3-1;1-4(2)3-5;/h2*1-5H;4-5H,3H2,1-2H3;/q;;-1;+1. The van der Waals surface area contributed by atoms with Crippen molar-refractivity contribution < 1.29 is 0 Å². The van der Waals surface area contributed by atoms with Crippen LogP contribution in [0.1, 0.15) is 13.8 Å². The summed E-state index contributed by atoms with van der Waals surface area (Å²) in [6.07, 6.45) is 0. The minimum absolute atomic E-state index is 0.700. The van der Waals surface area contributed by atoms with E-state index in [9.17, 15) is 0 Å². The van der Waals surface area contributed by atoms with E-state index in [0.29, 0.717) is 5.92 Å². The van der Waals surface area contributed by atoms with Crippen molar-refractivity contribution in [3.05, 3.63) is 60.7 Å². The molecule has 2 heteroatoms. The van der Waals surface area contributed by atoms with Gasteiger partial charge in [0.25, 0.3) is 0 Å². The Morgan fingerprint density at radius 1 is 0.833 bits per heavy atom. The van der Waals surface area contributed by atoms with Gasteiger partial charge in [0, 0.05) is 0 Å². The summed E-state index contributed by atoms with van der Waals surface area (Å²) in [6, 6.07) is 21.8. The van der Waals surface area contributed by atoms with Crippen molar-refractivity contribution in [3.8, 4) is 0 Å². The normalized spacial score (nSPS) is 10.6. The molecule has 2 aromatic carbocycles. The average molecular weight is 296 g/mol. The Labute approximate surface area is 116 Å². The van der Waals surface area contributed by atoms with E-state index < -0.39 is 16.5 Å². The fourth-order valence-electron chi connectivity index (χ4n) is 2.07. The quantitative estimate of drug-likeness (QED) is 0.833. The molecule has 18 heavy (non-hydrogen) atoms. The zero-order valence-electron chi connectivity index (χ0n) is 11.1. The third kappa shape index (κ3) is 3.77. The predicted molar refractivity (Wildman–Crippen MR) is 80.7 cm³/mol. The van der Waals surface area contributed by atoms with Gasteiger partial charge in [0.05, 0.1) is 0 Å². The number of hydrogen-bond acceptors (Lipinski definition) is 1. The van der Waals surface area contributed by atoms with Gasteiger partial charge in [0.15, 0.2) is 0 Å². The van der Waals surface area contributed by atoms with Gasteiger partial charge in [-0.3, -0.25) is 0 Å². The molecule has 0 atom stereocenters. The molecule has 1 nitrogen and oxygen atoms in total. The molecule has 2 aromatic rings. The van der Waals surface area contributed by atoms with E-state index in [1.54, 1.807) is 0 Å². The third-order valence-electron chi connectivity index (χ3n) is 3.00. The average Bonchev–Trinajstić information content (AvgIpc) is 2.41. The van der Waals surface area contributed by atoms with E-state index in [1.807, 2.05) is 0 Å². The molecule has 0 heterocycles. The Bertz CT molecular complexity index is 414. The van der Waals surface area contributed by atoms with Gasteiger partial charge in [0.2, 0.25) is 0 Å². The minimum atomic E-state index is -1.80. The second kappa shape index (κ2) is 6.83. The van der Waals surface area contributed by atoms with Gasteiger partial charge in [0.1, 0.15) is 0 Å². The van der Waals surface area contributed by atoms with Crippen molar-refractivity contribution in [1.82, 2.24) is 4.02 Å². The van der Waals surface area contributed by atoms with Gasteiger partial charge in [-0.05, 0) is 0 Å². The summed E-state index contributed by atoms with van der Waals surface area (Å²) in [6.45, 7) is 5.64. The van der Waals surface area contributed by atoms with Crippen molar-refractivity contribution in [2.24, 2.45) is 5.92 Å². The molecule has 0 aliphatic rings. The van der Waals surface area contributed by atoms with E-state index in [-0.39, 0.29) is 0 Å². The molecule has 92 valence electrons. The maximum atomic E-state index is 3.84. The molecule has 0 spiro atoms. The van der Waals surface area contributed by atoms with Gasteiger partial charge >= 0.3 is 116 Å². The Balaban J connectivity index is 2.24. The Morgan fingerprint density at radius 2 is 1.28 bits per heavy atom. The summed E-state index contributed by atoms with van der Waals surface area (Å²) < 4.78 is 6.86. The van der Waals surface area contributed by atoms with Crippen LogP contribution in [0.2, 0.25) is 0 Å². The van der Waals surface area contributed by atoms with Crippen molar-refractivity contribution >= 4 is 24.7 Å². The van der Waals surface area contributed by atoms with Crippen LogP contribution in [-0.2, 0) is 0 Å². The summed E-state index contributed by atoms with van der Waals surface area (Å²) in [7, 11) is 0. The van der Waals surface area contributed by atoms with Crippen LogP contribution in [0.25, 0.3) is 0 Å². The molecular weight excluding hydrogens is 276 g/mol. The first-order valence-electron chi connectivity index (χ1n) is 6.60. The monoisotopic (exact) mass is 295 g/mol. The Hall–Kier alpha value is -0.964. The van der Waals surface area contributed by atoms with E-state index in [2.05, 4.69) is 78.5 Å². The predicted octanol–water partition coefficient (Wildman–Crippen LogP) is 2.04. The van der Waals surface area contributed by atoms with Gasteiger partial charge in [-0.15, -0.1) is 0 Å². The van der Waals surface area contributed by atoms with Gasteiger partial charge in [-0.2, -0.15) is 0 Å². The van der Waals surface area contributed by atoms with E-state index in [0.717, 1.165) is 6.54 Å². The molecule has 2 rings (SSSR count). The molecule has 0 saturated carbocycles. The van der Waals surface area contributed by atoms with Crippen molar-refractivity contribution in [2.75, 3.05) is 6.54 Å². The van der Waals surface area contributed by atoms with Crippen LogP contribution in [0.4, 0.5) is 0 Å². The summed E-state index contributed by atoms with van der Waals surface area (Å²) in [5.74, 6) is 0.700. The van der Waals surface area contributed by atoms with E-state index in [4.69, 9.17) is 0 Å². The van der Waals surface area contributed by atoms with Crippen LogP contribution in [-0.4, -0.2) is 23.0 Å². The summed E-state index contributed by atoms with van der Waals surface area (Å²) in [4.78, 5) is 0. The Morgan fingerprint density at radius 3 is 1.67 bits per heavy atom. The van der Waals surface area contributed by atoms with Gasteiger partial charge in [-0.25, -0.2) is 0 Å². The first-order chi connectivity index (χ1) is 8.77. The molecule has 0 unspecified atom stereocenters. The van der Waals surface area contributed by atoms with E-state index in [1.165, 1.54) is 8.24 Å². The summed E-state index contributed by atoms with van der Waals surface area (Å²) in [5, 5.41) is 0. The SMILES string of the molecule is CC(C)C[NH][Ga]([c]1ccccc1)[c]1ccccc1. The molecule has 0 bridgehead atoms. The zero-order chi connectivity index (χ0) is 12.8. The van der Waals surface area contributed by atoms with Crippen molar-refractivity contribution in [3.63, 3.8) is 0 Å². The van der Waals surface area contributed by atoms with Crippen LogP contribution < -0.4 is 12.3 Å². The topological polar surface area (TPSA) is 12.0 Å². The zero-order valence-corrected chi connectivity index (χ0v) is 13.6. The van der Waals surface area contributed by atoms with Crippen LogP contribution in [0, 0.1) is 5.92 Å². The molecule has 1 N–H and O–H groups in total. The molecule has 0 amide bonds. The summed E-state index contributed by atoms with van der Waals surface area (Å²) in [5.41, 5.74) is 0. The van der Waals surface area contributed by atoms with Crippen LogP contribution in [0.3, 0.4) is 0 Å². The molecular formula is C16H20GaN. The fourth-order valence-corrected chi connectivity index (χ4v) is 7.90. The molecule has 0 fully saturated rings. The van der Waals surface area contributed by atoms with Gasteiger partial charge in [-0.1, -0.05) is 0 Å². The fraction of sp³-hybridized carbons (Fsp3) is 0.250. The maximum absolute atomic E-state index is 3.84. The van der Waals surface area contributed by atoms with Crippen molar-refractivity contribution in [2.45, 2.75) is 13.8 Å². The summed E-state index contributed by atoms with van der Waals surface area (Å²) >= 11 is -1.80. The van der Waals surface area contributed by atoms with Crippen LogP contribution in [0.5, 0.6) is 0 Å². The Kier molecular flexibility index (Phi) is 5.11. The molecule has 0 aromatic heterocycles.